The number of aliphatic hydroxyl groups is 1. The second kappa shape index (κ2) is 13.3. The first-order chi connectivity index (χ1) is 19.0. The highest BCUT2D eigenvalue weighted by Gasteiger charge is 2.41. The number of halogens is 5. The molecule has 214 valence electrons. The molecular weight excluding hydrogens is 573 g/mol. The quantitative estimate of drug-likeness (QED) is 0.169. The monoisotopic (exact) mass is 599 g/mol. The molecule has 4 rings (SSSR count). The zero-order valence-electron chi connectivity index (χ0n) is 21.2. The molecule has 2 aromatic carbocycles. The zero-order valence-corrected chi connectivity index (χ0v) is 22.8. The van der Waals surface area contributed by atoms with E-state index < -0.39 is 34.3 Å². The van der Waals surface area contributed by atoms with Crippen molar-refractivity contribution in [1.29, 1.82) is 0 Å². The SMILES string of the molecule is C[C@@H](S[C@H]1CO[C@H](C=CC=Cc2ccc(SC(F)(F)F)cc2)OC1)[C@](O)(Cn1cncn1)c1ccc(F)cc1F. The summed E-state index contributed by atoms with van der Waals surface area (Å²) in [6, 6.07) is 9.07. The highest BCUT2D eigenvalue weighted by Crippen LogP contribution is 2.39. The summed E-state index contributed by atoms with van der Waals surface area (Å²) in [6.07, 6.45) is 8.99. The summed E-state index contributed by atoms with van der Waals surface area (Å²) < 4.78 is 78.5. The second-order valence-corrected chi connectivity index (χ2v) is 11.7. The van der Waals surface area contributed by atoms with E-state index in [1.54, 1.807) is 43.4 Å². The molecule has 1 fully saturated rings. The summed E-state index contributed by atoms with van der Waals surface area (Å²) in [5, 5.41) is 14.9. The lowest BCUT2D eigenvalue weighted by atomic mass is 9.90. The summed E-state index contributed by atoms with van der Waals surface area (Å²) in [4.78, 5) is 3.99. The average molecular weight is 600 g/mol. The lowest BCUT2D eigenvalue weighted by Gasteiger charge is -2.37. The summed E-state index contributed by atoms with van der Waals surface area (Å²) in [6.45, 7) is 2.25. The topological polar surface area (TPSA) is 69.4 Å². The van der Waals surface area contributed by atoms with Crippen molar-refractivity contribution in [3.05, 3.63) is 96.1 Å². The molecule has 1 aliphatic heterocycles. The number of rotatable bonds is 10. The Balaban J connectivity index is 1.31. The Hall–Kier alpha value is -2.71. The number of nitrogens with zero attached hydrogens (tertiary/aromatic N) is 3. The van der Waals surface area contributed by atoms with Gasteiger partial charge in [-0.1, -0.05) is 43.4 Å². The lowest BCUT2D eigenvalue weighted by molar-refractivity contribution is -0.146. The first kappa shape index (κ1) is 30.3. The molecule has 2 atom stereocenters. The Kier molecular flexibility index (Phi) is 10.1. The highest BCUT2D eigenvalue weighted by molar-refractivity contribution is 8.00. The van der Waals surface area contributed by atoms with E-state index in [1.165, 1.54) is 47.3 Å². The smallest absolute Gasteiger partial charge is 0.382 e. The first-order valence-corrected chi connectivity index (χ1v) is 13.9. The molecule has 13 heteroatoms. The molecule has 6 nitrogen and oxygen atoms in total. The summed E-state index contributed by atoms with van der Waals surface area (Å²) in [5.74, 6) is -1.61. The van der Waals surface area contributed by atoms with Crippen LogP contribution < -0.4 is 0 Å². The molecule has 1 saturated heterocycles. The predicted molar refractivity (Wildman–Crippen MR) is 143 cm³/mol. The van der Waals surface area contributed by atoms with Crippen LogP contribution in [0, 0.1) is 11.6 Å². The van der Waals surface area contributed by atoms with Gasteiger partial charge in [-0.15, -0.1) is 11.8 Å². The molecule has 0 amide bonds. The fraction of sp³-hybridized carbons (Fsp3) is 0.333. The number of hydrogen-bond donors (Lipinski definition) is 1. The molecule has 0 aliphatic carbocycles. The third-order valence-electron chi connectivity index (χ3n) is 6.01. The van der Waals surface area contributed by atoms with E-state index in [4.69, 9.17) is 9.47 Å². The van der Waals surface area contributed by atoms with Crippen LogP contribution in [0.3, 0.4) is 0 Å². The molecule has 0 radical (unpaired) electrons. The van der Waals surface area contributed by atoms with E-state index in [0.717, 1.165) is 17.7 Å². The van der Waals surface area contributed by atoms with Crippen LogP contribution in [-0.2, 0) is 21.6 Å². The van der Waals surface area contributed by atoms with Gasteiger partial charge in [0.05, 0.1) is 25.0 Å². The van der Waals surface area contributed by atoms with E-state index in [1.807, 2.05) is 0 Å². The standard InChI is InChI=1S/C27H26F5N3O3S2/c1-18(26(36,15-35-17-33-16-34-35)23-11-8-20(28)12-24(23)29)39-22-13-37-25(38-14-22)5-3-2-4-19-6-9-21(10-7-19)40-27(30,31)32/h2-12,16-18,22,25,36H,13-15H2,1H3/t18-,22-,25-,26-/m1/s1. The molecule has 3 aromatic rings. The fourth-order valence-corrected chi connectivity index (χ4v) is 5.89. The highest BCUT2D eigenvalue weighted by atomic mass is 32.2. The zero-order chi connectivity index (χ0) is 28.8. The molecular formula is C27H26F5N3O3S2. The van der Waals surface area contributed by atoms with Gasteiger partial charge in [0.15, 0.2) is 6.29 Å². The van der Waals surface area contributed by atoms with Crippen molar-refractivity contribution < 1.29 is 36.5 Å². The minimum absolute atomic E-state index is 0.0524. The number of hydrogen-bond acceptors (Lipinski definition) is 7. The van der Waals surface area contributed by atoms with E-state index in [9.17, 15) is 27.1 Å². The number of benzene rings is 2. The Labute approximate surface area is 236 Å². The third-order valence-corrected chi connectivity index (χ3v) is 8.21. The molecule has 40 heavy (non-hydrogen) atoms. The van der Waals surface area contributed by atoms with Crippen molar-refractivity contribution in [3.8, 4) is 0 Å². The maximum absolute atomic E-state index is 14.7. The minimum Gasteiger partial charge on any atom is -0.382 e. The minimum atomic E-state index is -4.32. The normalized spacial score (nSPS) is 20.7. The summed E-state index contributed by atoms with van der Waals surface area (Å²) in [7, 11) is 0. The van der Waals surface area contributed by atoms with E-state index in [2.05, 4.69) is 10.1 Å². The van der Waals surface area contributed by atoms with Crippen LogP contribution >= 0.6 is 23.5 Å². The van der Waals surface area contributed by atoms with Crippen LogP contribution in [-0.4, -0.2) is 55.4 Å². The van der Waals surface area contributed by atoms with Crippen molar-refractivity contribution in [2.75, 3.05) is 13.2 Å². The van der Waals surface area contributed by atoms with Crippen LogP contribution in [0.2, 0.25) is 0 Å². The molecule has 2 heterocycles. The van der Waals surface area contributed by atoms with Crippen molar-refractivity contribution >= 4 is 29.6 Å². The Morgan fingerprint density at radius 1 is 1.10 bits per heavy atom. The maximum atomic E-state index is 14.7. The number of aromatic nitrogens is 3. The van der Waals surface area contributed by atoms with Crippen molar-refractivity contribution in [2.45, 2.75) is 46.3 Å². The number of ether oxygens (including phenoxy) is 2. The van der Waals surface area contributed by atoms with Gasteiger partial charge in [-0.2, -0.15) is 18.3 Å². The van der Waals surface area contributed by atoms with Gasteiger partial charge in [0.1, 0.15) is 29.9 Å². The molecule has 0 saturated carbocycles. The third kappa shape index (κ3) is 8.40. The Bertz CT molecular complexity index is 1300. The summed E-state index contributed by atoms with van der Waals surface area (Å²) in [5.41, 5.74) is -5.37. The number of thioether (sulfide) groups is 2. The second-order valence-electron chi connectivity index (χ2n) is 8.94. The van der Waals surface area contributed by atoms with Gasteiger partial charge < -0.3 is 14.6 Å². The van der Waals surface area contributed by atoms with Gasteiger partial charge in [-0.25, -0.2) is 18.4 Å². The van der Waals surface area contributed by atoms with Gasteiger partial charge in [0, 0.05) is 21.8 Å². The van der Waals surface area contributed by atoms with E-state index in [0.29, 0.717) is 13.2 Å². The van der Waals surface area contributed by atoms with E-state index in [-0.39, 0.29) is 34.0 Å². The fourth-order valence-electron chi connectivity index (χ4n) is 4.03. The molecule has 0 unspecified atom stereocenters. The predicted octanol–water partition coefficient (Wildman–Crippen LogP) is 6.19. The average Bonchev–Trinajstić information content (AvgIpc) is 3.40. The molecule has 0 bridgehead atoms. The summed E-state index contributed by atoms with van der Waals surface area (Å²) >= 11 is 1.20. The maximum Gasteiger partial charge on any atom is 0.446 e. The molecule has 0 spiro atoms. The van der Waals surface area contributed by atoms with Gasteiger partial charge in [-0.05, 0) is 41.6 Å². The lowest BCUT2D eigenvalue weighted by Crippen LogP contribution is -2.43. The Morgan fingerprint density at radius 3 is 2.45 bits per heavy atom. The van der Waals surface area contributed by atoms with Crippen LogP contribution in [0.25, 0.3) is 6.08 Å². The van der Waals surface area contributed by atoms with Crippen LogP contribution in [0.5, 0.6) is 0 Å². The first-order valence-electron chi connectivity index (χ1n) is 12.1. The molecule has 1 N–H and O–H groups in total. The van der Waals surface area contributed by atoms with Gasteiger partial charge in [0.2, 0.25) is 0 Å². The van der Waals surface area contributed by atoms with Gasteiger partial charge >= 0.3 is 5.51 Å². The van der Waals surface area contributed by atoms with E-state index >= 15 is 0 Å². The van der Waals surface area contributed by atoms with Crippen LogP contribution in [0.15, 0.2) is 78.2 Å². The largest absolute Gasteiger partial charge is 0.446 e. The van der Waals surface area contributed by atoms with Crippen molar-refractivity contribution in [3.63, 3.8) is 0 Å². The number of alkyl halides is 3. The van der Waals surface area contributed by atoms with Crippen molar-refractivity contribution in [2.24, 2.45) is 0 Å². The van der Waals surface area contributed by atoms with Crippen molar-refractivity contribution in [1.82, 2.24) is 14.8 Å². The van der Waals surface area contributed by atoms with Gasteiger partial charge in [-0.3, -0.25) is 0 Å². The van der Waals surface area contributed by atoms with Crippen LogP contribution in [0.4, 0.5) is 22.0 Å². The Morgan fingerprint density at radius 2 is 1.82 bits per heavy atom. The van der Waals surface area contributed by atoms with Gasteiger partial charge in [0.25, 0.3) is 0 Å². The molecule has 1 aromatic heterocycles. The number of allylic oxidation sites excluding steroid dienone is 2. The molecule has 1 aliphatic rings. The van der Waals surface area contributed by atoms with Crippen LogP contribution in [0.1, 0.15) is 18.1 Å².